The fourth-order valence-corrected chi connectivity index (χ4v) is 2.47. The monoisotopic (exact) mass is 286 g/mol. The van der Waals surface area contributed by atoms with Gasteiger partial charge in [-0.25, -0.2) is 4.98 Å². The van der Waals surface area contributed by atoms with Crippen molar-refractivity contribution in [2.24, 2.45) is 5.73 Å². The van der Waals surface area contributed by atoms with E-state index in [-0.39, 0.29) is 12.6 Å². The third-order valence-electron chi connectivity index (χ3n) is 3.57. The molecule has 0 radical (unpaired) electrons. The first-order chi connectivity index (χ1) is 10.2. The Balaban J connectivity index is 2.02. The van der Waals surface area contributed by atoms with E-state index in [0.717, 1.165) is 34.6 Å². The lowest BCUT2D eigenvalue weighted by Crippen LogP contribution is -2.28. The summed E-state index contributed by atoms with van der Waals surface area (Å²) in [5, 5.41) is 9.46. The van der Waals surface area contributed by atoms with E-state index in [4.69, 9.17) is 20.6 Å². The summed E-state index contributed by atoms with van der Waals surface area (Å²) in [6, 6.07) is 5.90. The smallest absolute Gasteiger partial charge is 0.231 e. The first kappa shape index (κ1) is 13.5. The Hall–Kier alpha value is -2.50. The number of ether oxygens (including phenoxy) is 2. The maximum absolute atomic E-state index is 7.38. The number of fused-ring (bicyclic) bond motifs is 2. The molecule has 2 aromatic rings. The summed E-state index contributed by atoms with van der Waals surface area (Å²) >= 11 is 0. The number of amidine groups is 1. The highest BCUT2D eigenvalue weighted by Crippen LogP contribution is 2.38. The van der Waals surface area contributed by atoms with Crippen LogP contribution in [-0.2, 0) is 0 Å². The Labute approximate surface area is 123 Å². The zero-order chi connectivity index (χ0) is 14.8. The number of benzene rings is 1. The van der Waals surface area contributed by atoms with Gasteiger partial charge in [-0.15, -0.1) is 0 Å². The van der Waals surface area contributed by atoms with E-state index < -0.39 is 0 Å². The summed E-state index contributed by atoms with van der Waals surface area (Å²) in [5.74, 6) is 2.59. The minimum Gasteiger partial charge on any atom is -0.454 e. The van der Waals surface area contributed by atoms with Crippen LogP contribution >= 0.6 is 0 Å². The molecular weight excluding hydrogens is 268 g/mol. The molecule has 3 rings (SSSR count). The molecule has 0 aliphatic carbocycles. The van der Waals surface area contributed by atoms with Gasteiger partial charge in [-0.2, -0.15) is 0 Å². The second-order valence-corrected chi connectivity index (χ2v) is 4.92. The van der Waals surface area contributed by atoms with E-state index in [1.807, 2.05) is 18.2 Å². The number of nitrogens with zero attached hydrogens (tertiary/aromatic N) is 2. The second kappa shape index (κ2) is 5.47. The second-order valence-electron chi connectivity index (χ2n) is 4.92. The third kappa shape index (κ3) is 2.56. The number of anilines is 1. The molecule has 0 fully saturated rings. The summed E-state index contributed by atoms with van der Waals surface area (Å²) in [6.07, 6.45) is 2.31. The standard InChI is InChI=1S/C15H18N4O2/c1-2-19(6-4-14(16)17)15-11-8-13-12(20-9-21-13)7-10(11)3-5-18-15/h3,5,7-8H,2,4,6,9H2,1H3,(H3,16,17). The van der Waals surface area contributed by atoms with Crippen molar-refractivity contribution in [2.75, 3.05) is 24.8 Å². The van der Waals surface area contributed by atoms with E-state index >= 15 is 0 Å². The zero-order valence-electron chi connectivity index (χ0n) is 11.9. The van der Waals surface area contributed by atoms with Crippen LogP contribution in [0.3, 0.4) is 0 Å². The summed E-state index contributed by atoms with van der Waals surface area (Å²) in [4.78, 5) is 6.62. The lowest BCUT2D eigenvalue weighted by molar-refractivity contribution is 0.174. The number of rotatable bonds is 5. The fourth-order valence-electron chi connectivity index (χ4n) is 2.47. The van der Waals surface area contributed by atoms with E-state index in [2.05, 4.69) is 16.8 Å². The van der Waals surface area contributed by atoms with Gasteiger partial charge < -0.3 is 20.1 Å². The largest absolute Gasteiger partial charge is 0.454 e. The first-order valence-electron chi connectivity index (χ1n) is 6.95. The number of nitrogens with two attached hydrogens (primary N) is 1. The average Bonchev–Trinajstić information content (AvgIpc) is 2.92. The van der Waals surface area contributed by atoms with Crippen LogP contribution in [0.5, 0.6) is 11.5 Å². The van der Waals surface area contributed by atoms with Crippen LogP contribution in [-0.4, -0.2) is 30.7 Å². The van der Waals surface area contributed by atoms with Gasteiger partial charge >= 0.3 is 0 Å². The molecule has 3 N–H and O–H groups in total. The molecule has 0 amide bonds. The lowest BCUT2D eigenvalue weighted by atomic mass is 10.1. The Kier molecular flexibility index (Phi) is 3.51. The highest BCUT2D eigenvalue weighted by atomic mass is 16.7. The van der Waals surface area contributed by atoms with Gasteiger partial charge in [-0.1, -0.05) is 0 Å². The van der Waals surface area contributed by atoms with Crippen LogP contribution in [0.2, 0.25) is 0 Å². The molecule has 2 heterocycles. The van der Waals surface area contributed by atoms with Crippen molar-refractivity contribution < 1.29 is 9.47 Å². The van der Waals surface area contributed by atoms with Gasteiger partial charge in [0.2, 0.25) is 6.79 Å². The summed E-state index contributed by atoms with van der Waals surface area (Å²) in [6.45, 7) is 3.80. The van der Waals surface area contributed by atoms with Crippen LogP contribution in [0.4, 0.5) is 5.82 Å². The molecule has 0 atom stereocenters. The number of pyridine rings is 1. The Morgan fingerprint density at radius 3 is 2.86 bits per heavy atom. The fraction of sp³-hybridized carbons (Fsp3) is 0.333. The molecular formula is C15H18N4O2. The predicted molar refractivity (Wildman–Crippen MR) is 82.3 cm³/mol. The van der Waals surface area contributed by atoms with Crippen molar-refractivity contribution in [3.8, 4) is 11.5 Å². The highest BCUT2D eigenvalue weighted by molar-refractivity contribution is 5.95. The van der Waals surface area contributed by atoms with Crippen molar-refractivity contribution >= 4 is 22.4 Å². The number of aromatic nitrogens is 1. The van der Waals surface area contributed by atoms with Crippen molar-refractivity contribution in [2.45, 2.75) is 13.3 Å². The molecule has 1 aromatic carbocycles. The topological polar surface area (TPSA) is 84.5 Å². The van der Waals surface area contributed by atoms with Gasteiger partial charge in [0, 0.05) is 31.1 Å². The molecule has 1 aliphatic heterocycles. The zero-order valence-corrected chi connectivity index (χ0v) is 11.9. The number of nitrogens with one attached hydrogen (secondary N) is 1. The van der Waals surface area contributed by atoms with Crippen LogP contribution in [0, 0.1) is 5.41 Å². The number of hydrogen-bond donors (Lipinski definition) is 2. The van der Waals surface area contributed by atoms with E-state index in [1.165, 1.54) is 0 Å². The van der Waals surface area contributed by atoms with E-state index in [9.17, 15) is 0 Å². The molecule has 6 heteroatoms. The maximum Gasteiger partial charge on any atom is 0.231 e. The van der Waals surface area contributed by atoms with Gasteiger partial charge in [-0.3, -0.25) is 5.41 Å². The van der Waals surface area contributed by atoms with Crippen LogP contribution in [0.1, 0.15) is 13.3 Å². The van der Waals surface area contributed by atoms with Crippen LogP contribution in [0.25, 0.3) is 10.8 Å². The molecule has 0 saturated carbocycles. The summed E-state index contributed by atoms with van der Waals surface area (Å²) in [5.41, 5.74) is 5.46. The van der Waals surface area contributed by atoms with Gasteiger partial charge in [0.1, 0.15) is 5.82 Å². The van der Waals surface area contributed by atoms with Gasteiger partial charge in [0.05, 0.1) is 5.84 Å². The number of hydrogen-bond acceptors (Lipinski definition) is 5. The predicted octanol–water partition coefficient (Wildman–Crippen LogP) is 2.12. The molecule has 0 spiro atoms. The Morgan fingerprint density at radius 2 is 2.14 bits per heavy atom. The van der Waals surface area contributed by atoms with Gasteiger partial charge in [-0.05, 0) is 30.5 Å². The molecule has 1 aliphatic rings. The summed E-state index contributed by atoms with van der Waals surface area (Å²) in [7, 11) is 0. The SMILES string of the molecule is CCN(CCC(=N)N)c1nccc2cc3c(cc12)OCO3. The third-order valence-corrected chi connectivity index (χ3v) is 3.57. The Morgan fingerprint density at radius 1 is 1.38 bits per heavy atom. The molecule has 0 unspecified atom stereocenters. The van der Waals surface area contributed by atoms with Crippen molar-refractivity contribution in [3.63, 3.8) is 0 Å². The van der Waals surface area contributed by atoms with Crippen molar-refractivity contribution in [3.05, 3.63) is 24.4 Å². The van der Waals surface area contributed by atoms with Gasteiger partial charge in [0.25, 0.3) is 0 Å². The van der Waals surface area contributed by atoms with Crippen molar-refractivity contribution in [1.29, 1.82) is 5.41 Å². The van der Waals surface area contributed by atoms with E-state index in [0.29, 0.717) is 13.0 Å². The molecule has 110 valence electrons. The maximum atomic E-state index is 7.38. The normalized spacial score (nSPS) is 12.6. The Bertz CT molecular complexity index is 687. The lowest BCUT2D eigenvalue weighted by Gasteiger charge is -2.23. The van der Waals surface area contributed by atoms with Crippen molar-refractivity contribution in [1.82, 2.24) is 4.98 Å². The minimum absolute atomic E-state index is 0.186. The molecule has 0 bridgehead atoms. The van der Waals surface area contributed by atoms with E-state index in [1.54, 1.807) is 6.20 Å². The quantitative estimate of drug-likeness (QED) is 0.649. The average molecular weight is 286 g/mol. The minimum atomic E-state index is 0.186. The molecule has 0 saturated heterocycles. The van der Waals surface area contributed by atoms with Gasteiger partial charge in [0.15, 0.2) is 11.5 Å². The summed E-state index contributed by atoms with van der Waals surface area (Å²) < 4.78 is 10.9. The van der Waals surface area contributed by atoms with Crippen LogP contribution in [0.15, 0.2) is 24.4 Å². The molecule has 21 heavy (non-hydrogen) atoms. The molecule has 1 aromatic heterocycles. The first-order valence-corrected chi connectivity index (χ1v) is 6.95. The molecule has 6 nitrogen and oxygen atoms in total. The van der Waals surface area contributed by atoms with Crippen LogP contribution < -0.4 is 20.1 Å². The highest BCUT2D eigenvalue weighted by Gasteiger charge is 2.17.